The van der Waals surface area contributed by atoms with Crippen molar-refractivity contribution in [2.75, 3.05) is 7.11 Å². The van der Waals surface area contributed by atoms with Crippen LogP contribution >= 0.6 is 0 Å². The number of hydrogen-bond acceptors (Lipinski definition) is 1. The van der Waals surface area contributed by atoms with Crippen molar-refractivity contribution < 1.29 is 34.3 Å². The SMILES string of the molecule is COc1ccc([Se-])cc1.[Na+]. The molecule has 0 radical (unpaired) electrons. The van der Waals surface area contributed by atoms with E-state index < -0.39 is 0 Å². The van der Waals surface area contributed by atoms with Crippen LogP contribution in [0, 0.1) is 0 Å². The zero-order chi connectivity index (χ0) is 6.69. The quantitative estimate of drug-likeness (QED) is 0.464. The first kappa shape index (κ1) is 10.5. The van der Waals surface area contributed by atoms with E-state index >= 15 is 0 Å². The summed E-state index contributed by atoms with van der Waals surface area (Å²) in [6.07, 6.45) is 0. The predicted molar refractivity (Wildman–Crippen MR) is 38.4 cm³/mol. The second-order valence-corrected chi connectivity index (χ2v) is 2.66. The topological polar surface area (TPSA) is 9.23 Å². The van der Waals surface area contributed by atoms with Gasteiger partial charge in [-0.3, -0.25) is 0 Å². The fourth-order valence-electron chi connectivity index (χ4n) is 0.576. The first-order valence-electron chi connectivity index (χ1n) is 2.64. The molecule has 0 aliphatic carbocycles. The van der Waals surface area contributed by atoms with Crippen molar-refractivity contribution >= 4 is 20.5 Å². The molecular weight excluding hydrogens is 202 g/mol. The molecular formula is C7H7NaOSe. The molecule has 0 unspecified atom stereocenters. The second kappa shape index (κ2) is 5.22. The van der Waals surface area contributed by atoms with E-state index in [0.29, 0.717) is 0 Å². The van der Waals surface area contributed by atoms with Gasteiger partial charge in [0.25, 0.3) is 0 Å². The summed E-state index contributed by atoms with van der Waals surface area (Å²) >= 11 is 2.90. The van der Waals surface area contributed by atoms with Gasteiger partial charge in [0.15, 0.2) is 0 Å². The molecule has 0 atom stereocenters. The van der Waals surface area contributed by atoms with E-state index in [4.69, 9.17) is 4.74 Å². The molecule has 0 saturated carbocycles. The molecule has 0 saturated heterocycles. The van der Waals surface area contributed by atoms with Crippen LogP contribution in [0.15, 0.2) is 24.3 Å². The number of hydrogen-bond donors (Lipinski definition) is 0. The molecule has 0 amide bonds. The number of ether oxygens (including phenoxy) is 1. The zero-order valence-corrected chi connectivity index (χ0v) is 9.84. The van der Waals surface area contributed by atoms with Gasteiger partial charge in [-0.1, -0.05) is 0 Å². The van der Waals surface area contributed by atoms with Crippen molar-refractivity contribution in [2.24, 2.45) is 0 Å². The van der Waals surface area contributed by atoms with Gasteiger partial charge < -0.3 is 0 Å². The monoisotopic (exact) mass is 210 g/mol. The Morgan fingerprint density at radius 3 is 2.10 bits per heavy atom. The van der Waals surface area contributed by atoms with Crippen molar-refractivity contribution in [2.45, 2.75) is 0 Å². The molecule has 0 bridgehead atoms. The Morgan fingerprint density at radius 1 is 1.20 bits per heavy atom. The molecule has 48 valence electrons. The van der Waals surface area contributed by atoms with Crippen molar-refractivity contribution in [3.63, 3.8) is 0 Å². The smallest absolute Gasteiger partial charge is 1.00 e. The van der Waals surface area contributed by atoms with Gasteiger partial charge >= 0.3 is 91.9 Å². The molecule has 10 heavy (non-hydrogen) atoms. The van der Waals surface area contributed by atoms with Crippen molar-refractivity contribution in [1.29, 1.82) is 0 Å². The van der Waals surface area contributed by atoms with Gasteiger partial charge in [-0.05, 0) is 0 Å². The summed E-state index contributed by atoms with van der Waals surface area (Å²) in [4.78, 5) is 0. The Hall–Kier alpha value is 0.539. The summed E-state index contributed by atoms with van der Waals surface area (Å²) in [6.45, 7) is 0. The van der Waals surface area contributed by atoms with E-state index in [9.17, 15) is 0 Å². The van der Waals surface area contributed by atoms with Gasteiger partial charge in [-0.15, -0.1) is 0 Å². The Morgan fingerprint density at radius 2 is 1.70 bits per heavy atom. The van der Waals surface area contributed by atoms with E-state index in [-0.39, 0.29) is 29.6 Å². The minimum Gasteiger partial charge on any atom is 1.00 e. The van der Waals surface area contributed by atoms with E-state index in [1.54, 1.807) is 7.11 Å². The van der Waals surface area contributed by atoms with Crippen LogP contribution in [0.3, 0.4) is 0 Å². The molecule has 1 aromatic rings. The molecule has 0 aliphatic heterocycles. The van der Waals surface area contributed by atoms with Crippen LogP contribution in [0.1, 0.15) is 0 Å². The maximum Gasteiger partial charge on any atom is 1.00 e. The maximum absolute atomic E-state index is 4.96. The first-order chi connectivity index (χ1) is 4.33. The van der Waals surface area contributed by atoms with E-state index in [2.05, 4.69) is 16.0 Å². The number of benzene rings is 1. The first-order valence-corrected chi connectivity index (χ1v) is 3.49. The third-order valence-electron chi connectivity index (χ3n) is 1.06. The normalized spacial score (nSPS) is 8.10. The van der Waals surface area contributed by atoms with E-state index in [0.717, 1.165) is 10.2 Å². The standard InChI is InChI=1S/C7H8OSe.Na/c1-8-6-2-4-7(9)5-3-6;/h2-5,9H,1H3;/q;+1/p-1. The summed E-state index contributed by atoms with van der Waals surface area (Å²) in [7, 11) is 1.66. The second-order valence-electron chi connectivity index (χ2n) is 1.68. The van der Waals surface area contributed by atoms with Crippen molar-refractivity contribution in [3.05, 3.63) is 24.3 Å². The van der Waals surface area contributed by atoms with Gasteiger partial charge in [0.1, 0.15) is 0 Å². The van der Waals surface area contributed by atoms with Crippen molar-refractivity contribution in [1.82, 2.24) is 0 Å². The molecule has 3 heteroatoms. The molecule has 1 aromatic carbocycles. The van der Waals surface area contributed by atoms with Crippen LogP contribution in [0.2, 0.25) is 0 Å². The summed E-state index contributed by atoms with van der Waals surface area (Å²) in [5, 5.41) is 0. The van der Waals surface area contributed by atoms with Gasteiger partial charge in [0.2, 0.25) is 0 Å². The fourth-order valence-corrected chi connectivity index (χ4v) is 0.861. The molecule has 0 heterocycles. The molecule has 0 aliphatic rings. The van der Waals surface area contributed by atoms with Gasteiger partial charge in [0, 0.05) is 0 Å². The van der Waals surface area contributed by atoms with Crippen molar-refractivity contribution in [3.8, 4) is 5.75 Å². The molecule has 1 nitrogen and oxygen atoms in total. The average Bonchev–Trinajstić information content (AvgIpc) is 1.90. The molecule has 0 N–H and O–H groups in total. The Balaban J connectivity index is 0.000000810. The van der Waals surface area contributed by atoms with E-state index in [1.165, 1.54) is 0 Å². The van der Waals surface area contributed by atoms with Gasteiger partial charge in [0.05, 0.1) is 0 Å². The van der Waals surface area contributed by atoms with Crippen LogP contribution < -0.4 is 38.8 Å². The third kappa shape index (κ3) is 3.09. The van der Waals surface area contributed by atoms with Crippen LogP contribution in [-0.2, 0) is 0 Å². The maximum atomic E-state index is 4.96. The number of methoxy groups -OCH3 is 1. The van der Waals surface area contributed by atoms with Crippen LogP contribution in [0.4, 0.5) is 0 Å². The van der Waals surface area contributed by atoms with Crippen LogP contribution in [0.25, 0.3) is 0 Å². The van der Waals surface area contributed by atoms with Crippen LogP contribution in [0.5, 0.6) is 5.75 Å². The van der Waals surface area contributed by atoms with Gasteiger partial charge in [-0.25, -0.2) is 0 Å². The Bertz CT molecular complexity index is 185. The Kier molecular flexibility index (Phi) is 5.51. The molecule has 1 rings (SSSR count). The summed E-state index contributed by atoms with van der Waals surface area (Å²) in [6, 6.07) is 7.79. The van der Waals surface area contributed by atoms with Gasteiger partial charge in [-0.2, -0.15) is 0 Å². The number of rotatable bonds is 1. The third-order valence-corrected chi connectivity index (χ3v) is 1.63. The fraction of sp³-hybridized carbons (Fsp3) is 0.143. The minimum atomic E-state index is 0. The van der Waals surface area contributed by atoms with Crippen LogP contribution in [-0.4, -0.2) is 23.1 Å². The molecule has 0 fully saturated rings. The predicted octanol–water partition coefficient (Wildman–Crippen LogP) is -2.51. The molecule has 0 aromatic heterocycles. The van der Waals surface area contributed by atoms with E-state index in [1.807, 2.05) is 24.3 Å². The average molecular weight is 209 g/mol. The largest absolute Gasteiger partial charge is 1.00 e. The summed E-state index contributed by atoms with van der Waals surface area (Å²) in [5.41, 5.74) is 0. The minimum absolute atomic E-state index is 0. The zero-order valence-electron chi connectivity index (χ0n) is 6.13. The molecule has 0 spiro atoms. The Labute approximate surface area is 91.3 Å². The summed E-state index contributed by atoms with van der Waals surface area (Å²) < 4.78 is 6.09. The summed E-state index contributed by atoms with van der Waals surface area (Å²) in [5.74, 6) is 0.897.